The number of nitrogens with two attached hydrogens (primary N) is 1. The fraction of sp³-hybridized carbons (Fsp3) is 0.438. The van der Waals surface area contributed by atoms with Crippen LogP contribution in [-0.4, -0.2) is 24.2 Å². The van der Waals surface area contributed by atoms with Gasteiger partial charge in [-0.05, 0) is 25.1 Å². The van der Waals surface area contributed by atoms with Gasteiger partial charge in [0.2, 0.25) is 0 Å². The molecule has 2 rings (SSSR count). The van der Waals surface area contributed by atoms with Crippen LogP contribution in [0.5, 0.6) is 0 Å². The van der Waals surface area contributed by atoms with Crippen LogP contribution in [0.15, 0.2) is 30.6 Å². The Bertz CT molecular complexity index is 602. The third-order valence-electron chi connectivity index (χ3n) is 3.39. The number of hydrogen-bond acceptors (Lipinski definition) is 3. The Balaban J connectivity index is 2.07. The third-order valence-corrected chi connectivity index (χ3v) is 5.10. The normalized spacial score (nSPS) is 11.8. The molecule has 0 radical (unpaired) electrons. The molecule has 0 unspecified atom stereocenters. The number of aromatic nitrogens is 2. The van der Waals surface area contributed by atoms with Crippen molar-refractivity contribution in [2.24, 2.45) is 0 Å². The van der Waals surface area contributed by atoms with Gasteiger partial charge in [0.15, 0.2) is 0 Å². The first kappa shape index (κ1) is 15.8. The molecule has 0 atom stereocenters. The lowest BCUT2D eigenvalue weighted by Gasteiger charge is -2.16. The molecular weight excluding hydrogens is 278 g/mol. The van der Waals surface area contributed by atoms with E-state index in [1.807, 2.05) is 22.9 Å². The van der Waals surface area contributed by atoms with Crippen molar-refractivity contribution in [3.8, 4) is 11.4 Å². The van der Waals surface area contributed by atoms with Crippen molar-refractivity contribution < 1.29 is 4.74 Å². The van der Waals surface area contributed by atoms with Crippen molar-refractivity contribution in [2.75, 3.05) is 12.3 Å². The molecule has 0 amide bonds. The molecule has 2 aromatic rings. The minimum atomic E-state index is -1.04. The minimum Gasteiger partial charge on any atom is -0.398 e. The summed E-state index contributed by atoms with van der Waals surface area (Å²) in [6, 6.07) is 7.17. The molecular formula is C16H25N3OSi. The molecule has 0 spiro atoms. The zero-order valence-corrected chi connectivity index (χ0v) is 14.4. The lowest BCUT2D eigenvalue weighted by atomic mass is 10.1. The smallest absolute Gasteiger partial charge is 0.143 e. The topological polar surface area (TPSA) is 53.1 Å². The van der Waals surface area contributed by atoms with E-state index < -0.39 is 8.07 Å². The second-order valence-electron chi connectivity index (χ2n) is 6.66. The van der Waals surface area contributed by atoms with Crippen LogP contribution in [0.1, 0.15) is 5.56 Å². The number of ether oxygens (including phenoxy) is 1. The van der Waals surface area contributed by atoms with E-state index >= 15 is 0 Å². The van der Waals surface area contributed by atoms with Gasteiger partial charge in [0, 0.05) is 38.3 Å². The molecule has 5 heteroatoms. The Morgan fingerprint density at radius 2 is 2.05 bits per heavy atom. The van der Waals surface area contributed by atoms with Crippen LogP contribution < -0.4 is 5.73 Å². The Hall–Kier alpha value is -1.59. The van der Waals surface area contributed by atoms with Gasteiger partial charge in [-0.25, -0.2) is 4.98 Å². The molecule has 0 aliphatic carbocycles. The van der Waals surface area contributed by atoms with E-state index in [1.165, 1.54) is 11.6 Å². The average molecular weight is 303 g/mol. The second-order valence-corrected chi connectivity index (χ2v) is 12.3. The molecule has 0 saturated heterocycles. The molecule has 1 aromatic heterocycles. The predicted octanol–water partition coefficient (Wildman–Crippen LogP) is 3.75. The zero-order chi connectivity index (χ0) is 15.5. The summed E-state index contributed by atoms with van der Waals surface area (Å²) in [6.45, 7) is 10.4. The summed E-state index contributed by atoms with van der Waals surface area (Å²) in [5.74, 6) is 0.865. The molecule has 0 fully saturated rings. The molecule has 114 valence electrons. The Morgan fingerprint density at radius 1 is 1.29 bits per heavy atom. The van der Waals surface area contributed by atoms with Gasteiger partial charge in [-0.15, -0.1) is 0 Å². The molecule has 0 aliphatic rings. The van der Waals surface area contributed by atoms with Crippen molar-refractivity contribution >= 4 is 13.8 Å². The van der Waals surface area contributed by atoms with E-state index in [0.29, 0.717) is 6.73 Å². The van der Waals surface area contributed by atoms with Gasteiger partial charge in [0.05, 0.1) is 0 Å². The average Bonchev–Trinajstić information content (AvgIpc) is 2.85. The van der Waals surface area contributed by atoms with Gasteiger partial charge in [0.1, 0.15) is 12.6 Å². The summed E-state index contributed by atoms with van der Waals surface area (Å²) < 4.78 is 7.81. The van der Waals surface area contributed by atoms with Gasteiger partial charge in [0.25, 0.3) is 0 Å². The largest absolute Gasteiger partial charge is 0.398 e. The summed E-state index contributed by atoms with van der Waals surface area (Å²) in [5.41, 5.74) is 8.96. The highest BCUT2D eigenvalue weighted by Crippen LogP contribution is 2.25. The van der Waals surface area contributed by atoms with Crippen LogP contribution in [0.25, 0.3) is 11.4 Å². The van der Waals surface area contributed by atoms with Crippen LogP contribution in [0.2, 0.25) is 25.7 Å². The van der Waals surface area contributed by atoms with Gasteiger partial charge < -0.3 is 15.0 Å². The van der Waals surface area contributed by atoms with Crippen molar-refractivity contribution in [3.05, 3.63) is 36.2 Å². The highest BCUT2D eigenvalue weighted by Gasteiger charge is 2.13. The first-order chi connectivity index (χ1) is 9.87. The van der Waals surface area contributed by atoms with Gasteiger partial charge in [-0.1, -0.05) is 31.3 Å². The number of hydrogen-bond donors (Lipinski definition) is 1. The molecule has 0 bridgehead atoms. The molecule has 1 heterocycles. The van der Waals surface area contributed by atoms with E-state index in [1.54, 1.807) is 6.20 Å². The summed E-state index contributed by atoms with van der Waals surface area (Å²) in [5, 5.41) is 0. The molecule has 4 nitrogen and oxygen atoms in total. The summed E-state index contributed by atoms with van der Waals surface area (Å²) in [7, 11) is -1.04. The standard InChI is InChI=1S/C16H25N3OSi/c1-13-5-6-15(17)14(11-13)16-18-7-8-19(16)12-20-9-10-21(2,3)4/h5-8,11H,9-10,12,17H2,1-4H3. The number of imidazole rings is 1. The fourth-order valence-corrected chi connectivity index (χ4v) is 2.82. The van der Waals surface area contributed by atoms with Crippen molar-refractivity contribution in [1.29, 1.82) is 0 Å². The Kier molecular flexibility index (Phi) is 4.85. The fourth-order valence-electron chi connectivity index (χ4n) is 2.06. The van der Waals surface area contributed by atoms with Crippen LogP contribution in [-0.2, 0) is 11.5 Å². The number of rotatable bonds is 6. The Labute approximate surface area is 128 Å². The Morgan fingerprint density at radius 3 is 2.76 bits per heavy atom. The number of anilines is 1. The SMILES string of the molecule is Cc1ccc(N)c(-c2nccn2COCC[Si](C)(C)C)c1. The van der Waals surface area contributed by atoms with E-state index in [2.05, 4.69) is 37.6 Å². The maximum absolute atomic E-state index is 6.07. The lowest BCUT2D eigenvalue weighted by Crippen LogP contribution is -2.22. The molecule has 1 aromatic carbocycles. The summed E-state index contributed by atoms with van der Waals surface area (Å²) >= 11 is 0. The van der Waals surface area contributed by atoms with Crippen molar-refractivity contribution in [3.63, 3.8) is 0 Å². The minimum absolute atomic E-state index is 0.521. The zero-order valence-electron chi connectivity index (χ0n) is 13.4. The maximum Gasteiger partial charge on any atom is 0.143 e. The monoisotopic (exact) mass is 303 g/mol. The van der Waals surface area contributed by atoms with Crippen LogP contribution in [0, 0.1) is 6.92 Å². The van der Waals surface area contributed by atoms with E-state index in [0.717, 1.165) is 23.7 Å². The number of benzene rings is 1. The third kappa shape index (κ3) is 4.44. The number of aryl methyl sites for hydroxylation is 1. The molecule has 0 saturated carbocycles. The van der Waals surface area contributed by atoms with Crippen LogP contribution in [0.3, 0.4) is 0 Å². The van der Waals surface area contributed by atoms with Gasteiger partial charge in [-0.3, -0.25) is 0 Å². The van der Waals surface area contributed by atoms with Crippen LogP contribution >= 0.6 is 0 Å². The molecule has 21 heavy (non-hydrogen) atoms. The van der Waals surface area contributed by atoms with Gasteiger partial charge >= 0.3 is 0 Å². The first-order valence-electron chi connectivity index (χ1n) is 7.32. The van der Waals surface area contributed by atoms with E-state index in [-0.39, 0.29) is 0 Å². The number of nitrogens with zero attached hydrogens (tertiary/aromatic N) is 2. The highest BCUT2D eigenvalue weighted by atomic mass is 28.3. The lowest BCUT2D eigenvalue weighted by molar-refractivity contribution is 0.0883. The van der Waals surface area contributed by atoms with Crippen molar-refractivity contribution in [1.82, 2.24) is 9.55 Å². The quantitative estimate of drug-likeness (QED) is 0.502. The summed E-state index contributed by atoms with van der Waals surface area (Å²) in [6.07, 6.45) is 3.73. The number of nitrogen functional groups attached to an aromatic ring is 1. The van der Waals surface area contributed by atoms with Crippen molar-refractivity contribution in [2.45, 2.75) is 39.3 Å². The molecule has 2 N–H and O–H groups in total. The highest BCUT2D eigenvalue weighted by molar-refractivity contribution is 6.76. The maximum atomic E-state index is 6.07. The predicted molar refractivity (Wildman–Crippen MR) is 90.9 cm³/mol. The van der Waals surface area contributed by atoms with Crippen LogP contribution in [0.4, 0.5) is 5.69 Å². The van der Waals surface area contributed by atoms with Gasteiger partial charge in [-0.2, -0.15) is 0 Å². The van der Waals surface area contributed by atoms with E-state index in [9.17, 15) is 0 Å². The molecule has 0 aliphatic heterocycles. The van der Waals surface area contributed by atoms with E-state index in [4.69, 9.17) is 10.5 Å². The summed E-state index contributed by atoms with van der Waals surface area (Å²) in [4.78, 5) is 4.43. The second kappa shape index (κ2) is 6.45. The first-order valence-corrected chi connectivity index (χ1v) is 11.0.